The highest BCUT2D eigenvalue weighted by Gasteiger charge is 2.31. The summed E-state index contributed by atoms with van der Waals surface area (Å²) in [6.45, 7) is 2.89. The second-order valence-corrected chi connectivity index (χ2v) is 8.47. The number of nitrogens with zero attached hydrogens (tertiary/aromatic N) is 2. The van der Waals surface area contributed by atoms with Crippen LogP contribution >= 0.6 is 0 Å². The summed E-state index contributed by atoms with van der Waals surface area (Å²) in [5.41, 5.74) is 2.24. The molecule has 2 fully saturated rings. The van der Waals surface area contributed by atoms with Crippen molar-refractivity contribution in [1.29, 1.82) is 0 Å². The van der Waals surface area contributed by atoms with Crippen LogP contribution in [0, 0.1) is 6.92 Å². The molecule has 0 radical (unpaired) electrons. The lowest BCUT2D eigenvalue weighted by Crippen LogP contribution is -2.33. The first-order chi connectivity index (χ1) is 9.94. The van der Waals surface area contributed by atoms with Crippen LogP contribution in [0.5, 0.6) is 0 Å². The number of aromatic nitrogens is 1. The van der Waals surface area contributed by atoms with Gasteiger partial charge in [-0.25, -0.2) is 13.4 Å². The maximum absolute atomic E-state index is 11.6. The predicted octanol–water partition coefficient (Wildman–Crippen LogP) is 1.27. The van der Waals surface area contributed by atoms with E-state index in [2.05, 4.69) is 16.4 Å². The fraction of sp³-hybridized carbons (Fsp3) is 0.667. The molecule has 1 atom stereocenters. The molecule has 0 bridgehead atoms. The zero-order chi connectivity index (χ0) is 15.0. The minimum atomic E-state index is -2.86. The fourth-order valence-corrected chi connectivity index (χ4v) is 4.54. The van der Waals surface area contributed by atoms with Crippen LogP contribution in [0.25, 0.3) is 0 Å². The first-order valence-corrected chi connectivity index (χ1v) is 9.40. The monoisotopic (exact) mass is 309 g/mol. The summed E-state index contributed by atoms with van der Waals surface area (Å²) < 4.78 is 23.2. The maximum Gasteiger partial charge on any atom is 0.152 e. The molecule has 0 spiro atoms. The average Bonchev–Trinajstić information content (AvgIpc) is 3.19. The van der Waals surface area contributed by atoms with Gasteiger partial charge in [-0.3, -0.25) is 0 Å². The van der Waals surface area contributed by atoms with Gasteiger partial charge in [-0.15, -0.1) is 0 Å². The van der Waals surface area contributed by atoms with Gasteiger partial charge >= 0.3 is 0 Å². The predicted molar refractivity (Wildman–Crippen MR) is 84.3 cm³/mol. The molecule has 2 heterocycles. The Kier molecular flexibility index (Phi) is 3.92. The van der Waals surface area contributed by atoms with Gasteiger partial charge in [0.1, 0.15) is 5.82 Å². The van der Waals surface area contributed by atoms with Crippen LogP contribution in [0.1, 0.15) is 30.5 Å². The molecule has 5 nitrogen and oxygen atoms in total. The van der Waals surface area contributed by atoms with E-state index in [1.54, 1.807) is 0 Å². The molecule has 1 N–H and O–H groups in total. The Morgan fingerprint density at radius 1 is 1.33 bits per heavy atom. The van der Waals surface area contributed by atoms with E-state index in [0.29, 0.717) is 18.2 Å². The molecule has 1 aromatic rings. The maximum atomic E-state index is 11.6. The van der Waals surface area contributed by atoms with Gasteiger partial charge in [0.25, 0.3) is 0 Å². The molecule has 2 aliphatic rings. The average molecular weight is 309 g/mol. The van der Waals surface area contributed by atoms with Crippen molar-refractivity contribution in [3.8, 4) is 0 Å². The molecule has 3 rings (SSSR count). The van der Waals surface area contributed by atoms with Crippen LogP contribution in [0.3, 0.4) is 0 Å². The van der Waals surface area contributed by atoms with Crippen molar-refractivity contribution in [2.24, 2.45) is 0 Å². The largest absolute Gasteiger partial charge is 0.356 e. The number of sulfone groups is 1. The highest BCUT2D eigenvalue weighted by atomic mass is 32.2. The molecular weight excluding hydrogens is 286 g/mol. The summed E-state index contributed by atoms with van der Waals surface area (Å²) in [6, 6.07) is 4.85. The Bertz CT molecular complexity index is 626. The normalized spacial score (nSPS) is 24.2. The topological polar surface area (TPSA) is 62.3 Å². The van der Waals surface area contributed by atoms with E-state index in [0.717, 1.165) is 18.1 Å². The molecule has 0 aromatic carbocycles. The standard InChI is InChI=1S/C15H23N3O2S/c1-11-12(9-16-13-4-5-13)3-6-15(17-11)18(2)14-7-8-21(19,20)10-14/h3,6,13-14,16H,4-5,7-10H2,1-2H3. The van der Waals surface area contributed by atoms with Crippen LogP contribution in [0.15, 0.2) is 12.1 Å². The van der Waals surface area contributed by atoms with Crippen LogP contribution < -0.4 is 10.2 Å². The third-order valence-electron chi connectivity index (χ3n) is 4.46. The highest BCUT2D eigenvalue weighted by molar-refractivity contribution is 7.91. The van der Waals surface area contributed by atoms with Gasteiger partial charge in [0.15, 0.2) is 9.84 Å². The van der Waals surface area contributed by atoms with E-state index in [1.807, 2.05) is 24.9 Å². The van der Waals surface area contributed by atoms with E-state index in [9.17, 15) is 8.42 Å². The fourth-order valence-electron chi connectivity index (χ4n) is 2.77. The molecule has 1 saturated heterocycles. The van der Waals surface area contributed by atoms with Crippen molar-refractivity contribution in [2.75, 3.05) is 23.5 Å². The lowest BCUT2D eigenvalue weighted by atomic mass is 10.2. The van der Waals surface area contributed by atoms with E-state index in [4.69, 9.17) is 0 Å². The molecule has 0 amide bonds. The van der Waals surface area contributed by atoms with Crippen LogP contribution in [0.2, 0.25) is 0 Å². The molecule has 1 aromatic heterocycles. The summed E-state index contributed by atoms with van der Waals surface area (Å²) in [7, 11) is -0.918. The van der Waals surface area contributed by atoms with Crippen molar-refractivity contribution in [3.05, 3.63) is 23.4 Å². The Morgan fingerprint density at radius 2 is 2.10 bits per heavy atom. The van der Waals surface area contributed by atoms with E-state index < -0.39 is 9.84 Å². The summed E-state index contributed by atoms with van der Waals surface area (Å²) in [4.78, 5) is 6.66. The minimum Gasteiger partial charge on any atom is -0.356 e. The van der Waals surface area contributed by atoms with E-state index >= 15 is 0 Å². The van der Waals surface area contributed by atoms with Crippen molar-refractivity contribution < 1.29 is 8.42 Å². The number of aryl methyl sites for hydroxylation is 1. The van der Waals surface area contributed by atoms with E-state index in [1.165, 1.54) is 18.4 Å². The van der Waals surface area contributed by atoms with Crippen molar-refractivity contribution >= 4 is 15.7 Å². The number of hydrogen-bond acceptors (Lipinski definition) is 5. The zero-order valence-corrected chi connectivity index (χ0v) is 13.5. The lowest BCUT2D eigenvalue weighted by Gasteiger charge is -2.25. The number of rotatable bonds is 5. The minimum absolute atomic E-state index is 0.0531. The van der Waals surface area contributed by atoms with E-state index in [-0.39, 0.29) is 11.8 Å². The van der Waals surface area contributed by atoms with Gasteiger partial charge in [0.2, 0.25) is 0 Å². The van der Waals surface area contributed by atoms with Crippen LogP contribution in [0.4, 0.5) is 5.82 Å². The van der Waals surface area contributed by atoms with Crippen LogP contribution in [-0.4, -0.2) is 44.0 Å². The number of anilines is 1. The number of pyridine rings is 1. The molecule has 116 valence electrons. The second kappa shape index (κ2) is 5.57. The van der Waals surface area contributed by atoms with Gasteiger partial charge in [0.05, 0.1) is 11.5 Å². The van der Waals surface area contributed by atoms with Gasteiger partial charge in [-0.05, 0) is 37.8 Å². The second-order valence-electron chi connectivity index (χ2n) is 6.24. The quantitative estimate of drug-likeness (QED) is 0.887. The summed E-state index contributed by atoms with van der Waals surface area (Å²) in [5.74, 6) is 1.41. The Balaban J connectivity index is 1.68. The SMILES string of the molecule is Cc1nc(N(C)C2CCS(=O)(=O)C2)ccc1CNC1CC1. The van der Waals surface area contributed by atoms with Crippen molar-refractivity contribution in [1.82, 2.24) is 10.3 Å². The van der Waals surface area contributed by atoms with Gasteiger partial charge in [-0.1, -0.05) is 6.07 Å². The molecule has 6 heteroatoms. The van der Waals surface area contributed by atoms with Crippen LogP contribution in [-0.2, 0) is 16.4 Å². The highest BCUT2D eigenvalue weighted by Crippen LogP contribution is 2.23. The number of hydrogen-bond donors (Lipinski definition) is 1. The van der Waals surface area contributed by atoms with Crippen molar-refractivity contribution in [2.45, 2.75) is 44.8 Å². The van der Waals surface area contributed by atoms with Gasteiger partial charge < -0.3 is 10.2 Å². The first-order valence-electron chi connectivity index (χ1n) is 7.58. The summed E-state index contributed by atoms with van der Waals surface area (Å²) in [5, 5.41) is 3.50. The molecule has 1 aliphatic carbocycles. The molecule has 1 saturated carbocycles. The van der Waals surface area contributed by atoms with Crippen molar-refractivity contribution in [3.63, 3.8) is 0 Å². The van der Waals surface area contributed by atoms with Gasteiger partial charge in [0, 0.05) is 31.4 Å². The third-order valence-corrected chi connectivity index (χ3v) is 6.21. The summed E-state index contributed by atoms with van der Waals surface area (Å²) >= 11 is 0. The first kappa shape index (κ1) is 14.8. The van der Waals surface area contributed by atoms with Gasteiger partial charge in [-0.2, -0.15) is 0 Å². The Morgan fingerprint density at radius 3 is 2.67 bits per heavy atom. The smallest absolute Gasteiger partial charge is 0.152 e. The summed E-state index contributed by atoms with van der Waals surface area (Å²) in [6.07, 6.45) is 3.26. The lowest BCUT2D eigenvalue weighted by molar-refractivity contribution is 0.600. The molecular formula is C15H23N3O2S. The molecule has 21 heavy (non-hydrogen) atoms. The Hall–Kier alpha value is -1.14. The zero-order valence-electron chi connectivity index (χ0n) is 12.7. The third kappa shape index (κ3) is 3.55. The molecule has 1 unspecified atom stereocenters. The Labute approximate surface area is 126 Å². The number of nitrogens with one attached hydrogen (secondary N) is 1. The molecule has 1 aliphatic heterocycles.